The molecule has 0 spiro atoms. The number of ether oxygens (including phenoxy) is 1. The largest absolute Gasteiger partial charge is 0.481 e. The summed E-state index contributed by atoms with van der Waals surface area (Å²) in [6.07, 6.45) is 19.7. The predicted molar refractivity (Wildman–Crippen MR) is 268 cm³/mol. The Morgan fingerprint density at radius 1 is 0.887 bits per heavy atom. The monoisotopic (exact) mass is 1080 g/mol. The summed E-state index contributed by atoms with van der Waals surface area (Å²) in [6.45, 7) is 2.71. The number of hydrogen-bond donors (Lipinski definition) is 9. The van der Waals surface area contributed by atoms with Crippen LogP contribution in [-0.2, 0) is 50.7 Å². The van der Waals surface area contributed by atoms with Gasteiger partial charge in [-0.3, -0.25) is 32.5 Å². The van der Waals surface area contributed by atoms with Gasteiger partial charge in [0, 0.05) is 56.0 Å². The number of hydrogen-bond acceptors (Lipinski definition) is 18. The summed E-state index contributed by atoms with van der Waals surface area (Å²) in [5, 5.41) is 26.6. The molecular formula is C42H70LiN7O17P3S. The number of nitrogens with two attached hydrogens (primary N) is 1. The summed E-state index contributed by atoms with van der Waals surface area (Å²) in [5.41, 5.74) is 4.27. The first kappa shape index (κ1) is 66.1. The van der Waals surface area contributed by atoms with Crippen LogP contribution < -0.4 is 16.4 Å². The molecule has 0 saturated carbocycles. The number of nitrogens with one attached hydrogen (secondary N) is 2. The van der Waals surface area contributed by atoms with Crippen molar-refractivity contribution in [1.29, 1.82) is 0 Å². The number of nitrogen functional groups attached to an aromatic ring is 1. The van der Waals surface area contributed by atoms with Gasteiger partial charge in [0.2, 0.25) is 11.8 Å². The first-order valence-corrected chi connectivity index (χ1v) is 27.7. The van der Waals surface area contributed by atoms with Gasteiger partial charge in [0.15, 0.2) is 22.8 Å². The molecule has 2 amide bonds. The van der Waals surface area contributed by atoms with Gasteiger partial charge in [-0.1, -0.05) is 101 Å². The summed E-state index contributed by atoms with van der Waals surface area (Å²) in [4.78, 5) is 88.3. The molecule has 1 aliphatic heterocycles. The number of fused-ring (bicyclic) bond motifs is 1. The van der Waals surface area contributed by atoms with Gasteiger partial charge in [0.1, 0.15) is 36.3 Å². The minimum Gasteiger partial charge on any atom is -0.386 e. The van der Waals surface area contributed by atoms with E-state index in [0.717, 1.165) is 61.1 Å². The molecule has 7 atom stereocenters. The molecular weight excluding hydrogens is 1010 g/mol. The molecule has 0 aromatic carbocycles. The first-order valence-electron chi connectivity index (χ1n) is 22.2. The number of rotatable bonds is 33. The number of thioether (sulfide) groups is 1. The molecule has 1 fully saturated rings. The van der Waals surface area contributed by atoms with Gasteiger partial charge in [-0.25, -0.2) is 28.6 Å². The number of anilines is 1. The summed E-state index contributed by atoms with van der Waals surface area (Å²) in [5.74, 6) is -1.09. The van der Waals surface area contributed by atoms with Crippen LogP contribution in [0.1, 0.15) is 105 Å². The molecule has 2 aromatic heterocycles. The molecule has 2 aromatic rings. The Morgan fingerprint density at radius 3 is 2.11 bits per heavy atom. The van der Waals surface area contributed by atoms with Gasteiger partial charge in [-0.15, -0.1) is 0 Å². The van der Waals surface area contributed by atoms with Crippen molar-refractivity contribution in [2.24, 2.45) is 5.41 Å². The number of carbonyl (C=O) groups excluding carboxylic acids is 3. The Bertz CT molecular complexity index is 2230. The molecule has 2 unspecified atom stereocenters. The van der Waals surface area contributed by atoms with E-state index in [1.54, 1.807) is 0 Å². The Morgan fingerprint density at radius 2 is 1.49 bits per heavy atom. The van der Waals surface area contributed by atoms with E-state index in [0.29, 0.717) is 18.6 Å². The minimum absolute atomic E-state index is 0. The number of allylic oxidation sites excluding steroid dienone is 8. The van der Waals surface area contributed by atoms with E-state index in [4.69, 9.17) is 19.5 Å². The summed E-state index contributed by atoms with van der Waals surface area (Å²) >= 11 is 1.11. The predicted octanol–water partition coefficient (Wildman–Crippen LogP) is 5.07. The number of nitrogens with zero attached hydrogens (tertiary/aromatic N) is 4. The zero-order chi connectivity index (χ0) is 51.1. The topological polar surface area (TPSA) is 364 Å². The van der Waals surface area contributed by atoms with Crippen LogP contribution in [0, 0.1) is 5.41 Å². The van der Waals surface area contributed by atoms with Gasteiger partial charge in [-0.05, 0) is 44.9 Å². The quantitative estimate of drug-likeness (QED) is 0.0195. The number of carbonyl (C=O) groups is 3. The fourth-order valence-corrected chi connectivity index (χ4v) is 9.84. The molecule has 0 bridgehead atoms. The standard InChI is InChI=1S/C41H66N7O17P3S.CH4.Li/c1-4-5-6-7-8-9-10-11-12-13-14-15-16-17-18-19-20-21-32(50)69-25-24-43-31(49)22-23-44-39(53)36(52)41(2,3)27-62-68(59,60)65-67(57,58)61-26-30-35(64-66(54,55)56)34(51)40(63-30)48-29-47-33-37(42)45-28-46-38(33)48;;/h8-9,11-12,14-15,17-18,28-30,34-36,40,51-52H,4-7,10,13,16,19-27H2,1-3H3,(H,43,49)(H,44,53)(H,57,58)(H,59,60)(H2,42,45,46)(H2,54,55,56);1H4;/b9-8+,12-11+,15-14+,18-17+;;/t30-,34-,35-,36+,40-;;/m1../s1. The van der Waals surface area contributed by atoms with E-state index in [2.05, 4.69) is 90.0 Å². The van der Waals surface area contributed by atoms with Crippen LogP contribution in [-0.4, -0.2) is 142 Å². The Hall–Kier alpha value is -2.88. The fraction of sp³-hybridized carbons (Fsp3) is 0.619. The summed E-state index contributed by atoms with van der Waals surface area (Å²) in [6, 6.07) is 0. The SMILES string of the molecule is C.CCCCC/C=C/C/C=C/C/C=C/C/C=C/CCCC(=O)SCCNC(=O)CCNC(=O)[C@H](O)C(C)(C)COP(=O)(O)OP(=O)(O)OC[C@H]1O[C@@H](n2cnc3c(N)ncnc32)[C@H](O)[C@@H]1OP(=O)(O)O.[Li]. The maximum Gasteiger partial charge on any atom is 0.481 e. The molecule has 397 valence electrons. The maximum absolute atomic E-state index is 12.7. The number of phosphoric ester groups is 3. The number of unbranched alkanes of at least 4 members (excludes halogenated alkanes) is 4. The Labute approximate surface area is 430 Å². The van der Waals surface area contributed by atoms with Crippen molar-refractivity contribution in [3.8, 4) is 0 Å². The summed E-state index contributed by atoms with van der Waals surface area (Å²) < 4.78 is 62.4. The third kappa shape index (κ3) is 25.3. The molecule has 1 radical (unpaired) electrons. The average molecular weight is 1080 g/mol. The van der Waals surface area contributed by atoms with E-state index in [-0.39, 0.29) is 67.9 Å². The van der Waals surface area contributed by atoms with Crippen molar-refractivity contribution in [3.63, 3.8) is 0 Å². The van der Waals surface area contributed by atoms with Gasteiger partial charge >= 0.3 is 23.5 Å². The van der Waals surface area contributed by atoms with E-state index in [9.17, 15) is 57.9 Å². The molecule has 10 N–H and O–H groups in total. The van der Waals surface area contributed by atoms with E-state index in [1.165, 1.54) is 33.1 Å². The van der Waals surface area contributed by atoms with Gasteiger partial charge in [-0.2, -0.15) is 4.31 Å². The molecule has 29 heteroatoms. The average Bonchev–Trinajstić information content (AvgIpc) is 3.84. The third-order valence-electron chi connectivity index (χ3n) is 9.97. The molecule has 71 heavy (non-hydrogen) atoms. The van der Waals surface area contributed by atoms with E-state index >= 15 is 0 Å². The van der Waals surface area contributed by atoms with Crippen molar-refractivity contribution in [1.82, 2.24) is 30.2 Å². The minimum atomic E-state index is -5.58. The molecule has 1 saturated heterocycles. The number of aromatic nitrogens is 4. The maximum atomic E-state index is 12.7. The second kappa shape index (κ2) is 33.1. The molecule has 0 aliphatic carbocycles. The van der Waals surface area contributed by atoms with Gasteiger partial charge in [0.25, 0.3) is 0 Å². The second-order valence-corrected chi connectivity index (χ2v) is 21.7. The number of phosphoric acid groups is 3. The fourth-order valence-electron chi connectivity index (χ4n) is 6.29. The van der Waals surface area contributed by atoms with Crippen LogP contribution in [0.5, 0.6) is 0 Å². The van der Waals surface area contributed by atoms with Crippen molar-refractivity contribution in [3.05, 3.63) is 61.3 Å². The molecule has 1 aliphatic rings. The van der Waals surface area contributed by atoms with Crippen LogP contribution in [0.25, 0.3) is 11.2 Å². The Kier molecular flexibility index (Phi) is 30.9. The van der Waals surface area contributed by atoms with Crippen LogP contribution >= 0.6 is 35.2 Å². The molecule has 24 nitrogen and oxygen atoms in total. The van der Waals surface area contributed by atoms with Crippen molar-refractivity contribution in [2.75, 3.05) is 37.8 Å². The number of aliphatic hydroxyl groups is 2. The second-order valence-electron chi connectivity index (χ2n) is 16.3. The van der Waals surface area contributed by atoms with Crippen molar-refractivity contribution in [2.45, 2.75) is 129 Å². The molecule has 3 heterocycles. The van der Waals surface area contributed by atoms with Crippen LogP contribution in [0.15, 0.2) is 61.3 Å². The zero-order valence-corrected chi connectivity index (χ0v) is 43.3. The molecule has 3 rings (SSSR count). The van der Waals surface area contributed by atoms with Gasteiger partial charge < -0.3 is 50.9 Å². The first-order chi connectivity index (χ1) is 32.6. The smallest absolute Gasteiger partial charge is 0.386 e. The van der Waals surface area contributed by atoms with Crippen LogP contribution in [0.2, 0.25) is 0 Å². The number of amides is 2. The van der Waals surface area contributed by atoms with Crippen LogP contribution in [0.4, 0.5) is 5.82 Å². The van der Waals surface area contributed by atoms with Crippen molar-refractivity contribution < 1.29 is 80.5 Å². The van der Waals surface area contributed by atoms with E-state index in [1.807, 2.05) is 0 Å². The zero-order valence-electron chi connectivity index (χ0n) is 39.8. The van der Waals surface area contributed by atoms with Crippen LogP contribution in [0.3, 0.4) is 0 Å². The number of imidazole rings is 1. The Balaban J connectivity index is 0.0000126. The van der Waals surface area contributed by atoms with Crippen molar-refractivity contribution >= 4 is 88.0 Å². The summed E-state index contributed by atoms with van der Waals surface area (Å²) in [7, 11) is -16.4. The third-order valence-corrected chi connectivity index (χ3v) is 14.0. The van der Waals surface area contributed by atoms with E-state index < -0.39 is 84.6 Å². The normalized spacial score (nSPS) is 19.7. The number of aliphatic hydroxyl groups excluding tert-OH is 2. The van der Waals surface area contributed by atoms with Gasteiger partial charge in [0.05, 0.1) is 19.5 Å².